The van der Waals surface area contributed by atoms with Crippen molar-refractivity contribution in [2.24, 2.45) is 0 Å². The van der Waals surface area contributed by atoms with Crippen LogP contribution in [0.1, 0.15) is 25.5 Å². The topological polar surface area (TPSA) is 12.0 Å². The van der Waals surface area contributed by atoms with E-state index in [2.05, 4.69) is 25.7 Å². The molecule has 1 nitrogen and oxygen atoms in total. The Bertz CT molecular complexity index is 309. The Balaban J connectivity index is 2.74. The Kier molecular flexibility index (Phi) is 4.18. The van der Waals surface area contributed by atoms with Gasteiger partial charge < -0.3 is 5.32 Å². The van der Waals surface area contributed by atoms with E-state index in [1.54, 1.807) is 0 Å². The van der Waals surface area contributed by atoms with Crippen LogP contribution in [0.15, 0.2) is 36.9 Å². The van der Waals surface area contributed by atoms with Crippen molar-refractivity contribution in [2.45, 2.75) is 25.9 Å². The first kappa shape index (κ1) is 11.3. The molecule has 0 spiro atoms. The van der Waals surface area contributed by atoms with Crippen molar-refractivity contribution >= 4 is 11.6 Å². The third-order valence-electron chi connectivity index (χ3n) is 2.24. The molecule has 14 heavy (non-hydrogen) atoms. The van der Waals surface area contributed by atoms with Gasteiger partial charge in [0.25, 0.3) is 0 Å². The minimum Gasteiger partial charge on any atom is -0.304 e. The van der Waals surface area contributed by atoms with E-state index in [-0.39, 0.29) is 6.04 Å². The van der Waals surface area contributed by atoms with Gasteiger partial charge in [0.2, 0.25) is 0 Å². The average Bonchev–Trinajstić information content (AvgIpc) is 2.18. The molecule has 0 fully saturated rings. The highest BCUT2D eigenvalue weighted by Crippen LogP contribution is 2.22. The summed E-state index contributed by atoms with van der Waals surface area (Å²) in [6.45, 7) is 7.90. The fourth-order valence-electron chi connectivity index (χ4n) is 1.38. The van der Waals surface area contributed by atoms with E-state index in [1.807, 2.05) is 30.3 Å². The molecule has 76 valence electrons. The lowest BCUT2D eigenvalue weighted by Crippen LogP contribution is -2.27. The van der Waals surface area contributed by atoms with Crippen LogP contribution in [-0.4, -0.2) is 6.04 Å². The summed E-state index contributed by atoms with van der Waals surface area (Å²) in [4.78, 5) is 0. The van der Waals surface area contributed by atoms with Crippen LogP contribution < -0.4 is 5.32 Å². The Labute approximate surface area is 90.8 Å². The molecular weight excluding hydrogens is 194 g/mol. The van der Waals surface area contributed by atoms with Crippen LogP contribution in [0.4, 0.5) is 0 Å². The first-order valence-corrected chi connectivity index (χ1v) is 5.16. The SMILES string of the molecule is C=CC(C)N[C@H](C)c1ccccc1Cl. The van der Waals surface area contributed by atoms with Crippen molar-refractivity contribution in [1.29, 1.82) is 0 Å². The summed E-state index contributed by atoms with van der Waals surface area (Å²) in [6, 6.07) is 8.43. The number of rotatable bonds is 4. The molecule has 1 unspecified atom stereocenters. The average molecular weight is 210 g/mol. The minimum atomic E-state index is 0.247. The standard InChI is InChI=1S/C12H16ClN/c1-4-9(2)14-10(3)11-7-5-6-8-12(11)13/h4-10,14H,1H2,2-3H3/t9?,10-/m1/s1. The summed E-state index contributed by atoms with van der Waals surface area (Å²) in [5.74, 6) is 0. The molecule has 1 rings (SSSR count). The molecule has 2 atom stereocenters. The van der Waals surface area contributed by atoms with E-state index in [1.165, 1.54) is 0 Å². The second-order valence-corrected chi connectivity index (χ2v) is 3.84. The lowest BCUT2D eigenvalue weighted by molar-refractivity contribution is 0.537. The number of nitrogens with one attached hydrogen (secondary N) is 1. The van der Waals surface area contributed by atoms with Gasteiger partial charge in [0.1, 0.15) is 0 Å². The molecule has 0 bridgehead atoms. The molecule has 0 heterocycles. The van der Waals surface area contributed by atoms with Gasteiger partial charge in [-0.25, -0.2) is 0 Å². The molecule has 0 saturated carbocycles. The second kappa shape index (κ2) is 5.18. The fraction of sp³-hybridized carbons (Fsp3) is 0.333. The van der Waals surface area contributed by atoms with E-state index >= 15 is 0 Å². The zero-order valence-electron chi connectivity index (χ0n) is 8.63. The van der Waals surface area contributed by atoms with E-state index in [9.17, 15) is 0 Å². The van der Waals surface area contributed by atoms with E-state index in [0.29, 0.717) is 6.04 Å². The Morgan fingerprint density at radius 3 is 2.57 bits per heavy atom. The molecule has 0 aliphatic heterocycles. The lowest BCUT2D eigenvalue weighted by atomic mass is 10.1. The van der Waals surface area contributed by atoms with Gasteiger partial charge in [-0.15, -0.1) is 6.58 Å². The summed E-state index contributed by atoms with van der Waals surface area (Å²) in [7, 11) is 0. The predicted molar refractivity (Wildman–Crippen MR) is 62.7 cm³/mol. The van der Waals surface area contributed by atoms with Crippen molar-refractivity contribution in [2.75, 3.05) is 0 Å². The molecule has 1 N–H and O–H groups in total. The molecule has 2 heteroatoms. The van der Waals surface area contributed by atoms with Crippen LogP contribution in [0, 0.1) is 0 Å². The van der Waals surface area contributed by atoms with Gasteiger partial charge >= 0.3 is 0 Å². The smallest absolute Gasteiger partial charge is 0.0453 e. The van der Waals surface area contributed by atoms with E-state index in [4.69, 9.17) is 11.6 Å². The quantitative estimate of drug-likeness (QED) is 0.748. The highest BCUT2D eigenvalue weighted by atomic mass is 35.5. The number of benzene rings is 1. The maximum Gasteiger partial charge on any atom is 0.0453 e. The van der Waals surface area contributed by atoms with Crippen LogP contribution in [0.5, 0.6) is 0 Å². The maximum atomic E-state index is 6.08. The first-order chi connectivity index (χ1) is 6.65. The van der Waals surface area contributed by atoms with Crippen molar-refractivity contribution < 1.29 is 0 Å². The third-order valence-corrected chi connectivity index (χ3v) is 2.58. The van der Waals surface area contributed by atoms with Crippen molar-refractivity contribution in [3.05, 3.63) is 47.5 Å². The Morgan fingerprint density at radius 2 is 2.00 bits per heavy atom. The number of hydrogen-bond donors (Lipinski definition) is 1. The minimum absolute atomic E-state index is 0.247. The monoisotopic (exact) mass is 209 g/mol. The zero-order chi connectivity index (χ0) is 10.6. The van der Waals surface area contributed by atoms with Crippen molar-refractivity contribution in [3.63, 3.8) is 0 Å². The molecule has 0 aliphatic carbocycles. The van der Waals surface area contributed by atoms with Gasteiger partial charge in [-0.2, -0.15) is 0 Å². The second-order valence-electron chi connectivity index (χ2n) is 3.43. The zero-order valence-corrected chi connectivity index (χ0v) is 9.38. The van der Waals surface area contributed by atoms with Gasteiger partial charge in [0, 0.05) is 17.1 Å². The molecule has 1 aromatic rings. The maximum absolute atomic E-state index is 6.08. The Morgan fingerprint density at radius 1 is 1.36 bits per heavy atom. The normalized spacial score (nSPS) is 14.8. The van der Waals surface area contributed by atoms with Gasteiger partial charge in [0.15, 0.2) is 0 Å². The van der Waals surface area contributed by atoms with E-state index in [0.717, 1.165) is 10.6 Å². The lowest BCUT2D eigenvalue weighted by Gasteiger charge is -2.18. The van der Waals surface area contributed by atoms with Gasteiger partial charge in [0.05, 0.1) is 0 Å². The predicted octanol–water partition coefficient (Wildman–Crippen LogP) is 3.57. The summed E-state index contributed by atoms with van der Waals surface area (Å²) in [6.07, 6.45) is 1.88. The number of halogens is 1. The van der Waals surface area contributed by atoms with Crippen molar-refractivity contribution in [3.8, 4) is 0 Å². The molecule has 0 saturated heterocycles. The summed E-state index contributed by atoms with van der Waals surface area (Å²) in [5, 5.41) is 4.19. The molecule has 0 aliphatic rings. The van der Waals surface area contributed by atoms with Crippen LogP contribution in [0.2, 0.25) is 5.02 Å². The van der Waals surface area contributed by atoms with E-state index < -0.39 is 0 Å². The van der Waals surface area contributed by atoms with Crippen LogP contribution in [0.25, 0.3) is 0 Å². The number of hydrogen-bond acceptors (Lipinski definition) is 1. The van der Waals surface area contributed by atoms with Gasteiger partial charge in [-0.05, 0) is 25.5 Å². The van der Waals surface area contributed by atoms with Gasteiger partial charge in [-0.1, -0.05) is 35.9 Å². The summed E-state index contributed by atoms with van der Waals surface area (Å²) < 4.78 is 0. The van der Waals surface area contributed by atoms with Crippen LogP contribution >= 0.6 is 11.6 Å². The highest BCUT2D eigenvalue weighted by molar-refractivity contribution is 6.31. The summed E-state index contributed by atoms with van der Waals surface area (Å²) in [5.41, 5.74) is 1.13. The van der Waals surface area contributed by atoms with Crippen LogP contribution in [-0.2, 0) is 0 Å². The van der Waals surface area contributed by atoms with Gasteiger partial charge in [-0.3, -0.25) is 0 Å². The third kappa shape index (κ3) is 2.86. The molecule has 0 radical (unpaired) electrons. The molecule has 0 amide bonds. The molecule has 0 aromatic heterocycles. The molecular formula is C12H16ClN. The Hall–Kier alpha value is -0.790. The van der Waals surface area contributed by atoms with Crippen LogP contribution in [0.3, 0.4) is 0 Å². The first-order valence-electron chi connectivity index (χ1n) is 4.78. The highest BCUT2D eigenvalue weighted by Gasteiger charge is 2.09. The summed E-state index contributed by atoms with van der Waals surface area (Å²) >= 11 is 6.08. The molecule has 1 aromatic carbocycles. The van der Waals surface area contributed by atoms with Crippen molar-refractivity contribution in [1.82, 2.24) is 5.32 Å². The fourth-order valence-corrected chi connectivity index (χ4v) is 1.68. The largest absolute Gasteiger partial charge is 0.304 e.